The molecule has 466 valence electrons. The maximum absolute atomic E-state index is 9.81. The van der Waals surface area contributed by atoms with Crippen LogP contribution in [0, 0.1) is 70.0 Å². The molecule has 6 aliphatic carbocycles. The first-order valence-corrected chi connectivity index (χ1v) is 35.6. The van der Waals surface area contributed by atoms with Gasteiger partial charge in [0, 0.05) is 11.8 Å². The predicted molar refractivity (Wildman–Crippen MR) is 334 cm³/mol. The van der Waals surface area contributed by atoms with Gasteiger partial charge in [0.05, 0.1) is 26.4 Å². The quantitative estimate of drug-likeness (QED) is 0.0243. The predicted octanol–water partition coefficient (Wildman–Crippen LogP) is 22.6. The molecule has 12 unspecified atom stereocenters. The van der Waals surface area contributed by atoms with Gasteiger partial charge in [0.1, 0.15) is 0 Å². The van der Waals surface area contributed by atoms with Gasteiger partial charge < -0.3 is 0 Å². The summed E-state index contributed by atoms with van der Waals surface area (Å²) in [7, 11) is 0. The summed E-state index contributed by atoms with van der Waals surface area (Å²) in [5, 5.41) is 38.7. The Morgan fingerprint density at radius 2 is 0.863 bits per heavy atom. The molecule has 6 aliphatic rings. The van der Waals surface area contributed by atoms with Crippen molar-refractivity contribution >= 4 is 0 Å². The summed E-state index contributed by atoms with van der Waals surface area (Å²) in [5.74, 6) is 5.25. The number of hydrogen-bond acceptors (Lipinski definition) is 8. The molecule has 0 radical (unpaired) electrons. The molecule has 5 fully saturated rings. The minimum absolute atomic E-state index is 0.0402. The second kappa shape index (κ2) is 41.9. The topological polar surface area (TPSA) is 118 Å². The molecular formula is C72H130O8. The summed E-state index contributed by atoms with van der Waals surface area (Å²) in [6.07, 6.45) is 70.0. The van der Waals surface area contributed by atoms with Gasteiger partial charge in [-0.05, 0) is 154 Å². The van der Waals surface area contributed by atoms with Gasteiger partial charge in [0.25, 0.3) is 0 Å². The fraction of sp³-hybridized carbons (Fsp3) is 0.917. The van der Waals surface area contributed by atoms with E-state index in [1.165, 1.54) is 263 Å². The molecule has 4 N–H and O–H groups in total. The number of rotatable bonds is 30. The second-order valence-corrected chi connectivity index (χ2v) is 27.7. The molecule has 0 saturated heterocycles. The van der Waals surface area contributed by atoms with E-state index in [0.717, 1.165) is 43.9 Å². The molecular weight excluding hydrogens is 993 g/mol. The summed E-state index contributed by atoms with van der Waals surface area (Å²) in [6, 6.07) is 0. The van der Waals surface area contributed by atoms with Crippen LogP contribution in [0.3, 0.4) is 0 Å². The maximum atomic E-state index is 9.81. The van der Waals surface area contributed by atoms with Gasteiger partial charge >= 0.3 is 0 Å². The molecule has 0 heterocycles. The van der Waals surface area contributed by atoms with Crippen LogP contribution in [0.1, 0.15) is 323 Å². The average molecular weight is 1120 g/mol. The Morgan fingerprint density at radius 1 is 0.412 bits per heavy atom. The zero-order valence-corrected chi connectivity index (χ0v) is 52.9. The molecule has 0 aliphatic heterocycles. The lowest BCUT2D eigenvalue weighted by atomic mass is 9.49. The van der Waals surface area contributed by atoms with Crippen molar-refractivity contribution in [2.45, 2.75) is 323 Å². The lowest BCUT2D eigenvalue weighted by Crippen LogP contribution is -2.49. The molecule has 0 aromatic heterocycles. The van der Waals surface area contributed by atoms with Crippen LogP contribution in [-0.4, -0.2) is 47.5 Å². The van der Waals surface area contributed by atoms with Crippen molar-refractivity contribution < 1.29 is 40.6 Å². The minimum Gasteiger partial charge on any atom is -0.252 e. The summed E-state index contributed by atoms with van der Waals surface area (Å²) >= 11 is 0. The van der Waals surface area contributed by atoms with Gasteiger partial charge in [-0.25, -0.2) is 19.6 Å². The Hall–Kier alpha value is -1.10. The monoisotopic (exact) mass is 1120 g/mol. The molecule has 12 atom stereocenters. The largest absolute Gasteiger partial charge is 0.252 e. The zero-order valence-electron chi connectivity index (χ0n) is 52.9. The normalized spacial score (nSPS) is 33.2. The van der Waals surface area contributed by atoms with E-state index in [1.807, 2.05) is 0 Å². The highest BCUT2D eigenvalue weighted by molar-refractivity contribution is 5.23. The Bertz CT molecular complexity index is 1630. The number of unbranched alkanes of at least 4 members (excludes halogenated alkanes) is 12. The zero-order chi connectivity index (χ0) is 56.9. The molecule has 0 bridgehead atoms. The Kier molecular flexibility index (Phi) is 36.5. The Labute approximate surface area is 493 Å². The molecule has 8 nitrogen and oxygen atoms in total. The van der Waals surface area contributed by atoms with Crippen LogP contribution in [0.2, 0.25) is 0 Å². The van der Waals surface area contributed by atoms with Crippen molar-refractivity contribution in [1.29, 1.82) is 0 Å². The molecule has 0 aromatic rings. The maximum Gasteiger partial charge on any atom is 0.0884 e. The van der Waals surface area contributed by atoms with Crippen molar-refractivity contribution in [1.82, 2.24) is 0 Å². The number of hydrogen-bond donors (Lipinski definition) is 4. The SMILES string of the molecule is CCCCCCC1C=CC2(CCCCCCC2COO)C(/C=C2\CCCCCCC2COO)C1CCCCCC.CCCCCCC1CCC2(CCCCCCC2COO)C(/C=C2\CCCCCCC2COO)C1CCCCCC. The summed E-state index contributed by atoms with van der Waals surface area (Å²) in [4.78, 5) is 19.7. The van der Waals surface area contributed by atoms with Gasteiger partial charge in [-0.2, -0.15) is 0 Å². The highest BCUT2D eigenvalue weighted by Crippen LogP contribution is 2.60. The standard InChI is InChI=1S/C36H66O4.C36H64O4/c2*1-3-5-7-13-19-30-24-26-36(25-18-12-11-16-22-33(36)29-40-38)35(34(30)23-17-8-6-4-2)27-31-20-14-9-10-15-21-32(31)28-39-37/h27,30,32-35,37-38H,3-26,28-29H2,1-2H3;24,26-27,30,32-35,37-38H,3-23,25,28-29H2,1-2H3/b2*31-27+. The second-order valence-electron chi connectivity index (χ2n) is 27.7. The van der Waals surface area contributed by atoms with Crippen LogP contribution in [0.15, 0.2) is 35.5 Å². The van der Waals surface area contributed by atoms with E-state index >= 15 is 0 Å². The van der Waals surface area contributed by atoms with E-state index in [9.17, 15) is 21.0 Å². The van der Waals surface area contributed by atoms with Gasteiger partial charge in [-0.15, -0.1) is 0 Å². The minimum atomic E-state index is 0.0402. The van der Waals surface area contributed by atoms with Gasteiger partial charge in [-0.1, -0.05) is 262 Å². The smallest absolute Gasteiger partial charge is 0.0884 e. The van der Waals surface area contributed by atoms with Crippen molar-refractivity contribution in [2.75, 3.05) is 26.4 Å². The van der Waals surface area contributed by atoms with Crippen molar-refractivity contribution in [3.8, 4) is 0 Å². The molecule has 0 aromatic carbocycles. The van der Waals surface area contributed by atoms with Crippen LogP contribution in [0.4, 0.5) is 0 Å². The van der Waals surface area contributed by atoms with Crippen LogP contribution in [0.25, 0.3) is 0 Å². The van der Waals surface area contributed by atoms with E-state index in [2.05, 4.69) is 52.0 Å². The van der Waals surface area contributed by atoms with Crippen molar-refractivity contribution in [3.63, 3.8) is 0 Å². The lowest BCUT2D eigenvalue weighted by molar-refractivity contribution is -0.263. The summed E-state index contributed by atoms with van der Waals surface area (Å²) in [5.41, 5.74) is 3.38. The van der Waals surface area contributed by atoms with Crippen LogP contribution in [-0.2, 0) is 19.6 Å². The third-order valence-corrected chi connectivity index (χ3v) is 22.5. The van der Waals surface area contributed by atoms with E-state index in [1.54, 1.807) is 11.1 Å². The van der Waals surface area contributed by atoms with Crippen LogP contribution in [0.5, 0.6) is 0 Å². The molecule has 5 saturated carbocycles. The van der Waals surface area contributed by atoms with E-state index in [-0.39, 0.29) is 10.8 Å². The lowest BCUT2D eigenvalue weighted by Gasteiger charge is -2.55. The van der Waals surface area contributed by atoms with E-state index in [0.29, 0.717) is 73.8 Å². The molecule has 0 amide bonds. The molecule has 6 rings (SSSR count). The van der Waals surface area contributed by atoms with Crippen molar-refractivity contribution in [2.24, 2.45) is 70.0 Å². The Morgan fingerprint density at radius 3 is 1.41 bits per heavy atom. The first-order valence-electron chi connectivity index (χ1n) is 35.6. The molecule has 8 heteroatoms. The van der Waals surface area contributed by atoms with Gasteiger partial charge in [0.15, 0.2) is 0 Å². The fourth-order valence-corrected chi connectivity index (χ4v) is 17.9. The summed E-state index contributed by atoms with van der Waals surface area (Å²) in [6.45, 7) is 11.1. The molecule has 80 heavy (non-hydrogen) atoms. The van der Waals surface area contributed by atoms with Crippen LogP contribution < -0.4 is 0 Å². The third-order valence-electron chi connectivity index (χ3n) is 22.5. The first-order chi connectivity index (χ1) is 39.4. The summed E-state index contributed by atoms with van der Waals surface area (Å²) < 4.78 is 0. The fourth-order valence-electron chi connectivity index (χ4n) is 17.9. The highest BCUT2D eigenvalue weighted by Gasteiger charge is 2.52. The molecule has 2 spiro atoms. The van der Waals surface area contributed by atoms with E-state index < -0.39 is 0 Å². The number of allylic oxidation sites excluding steroid dienone is 4. The van der Waals surface area contributed by atoms with Gasteiger partial charge in [0.2, 0.25) is 0 Å². The van der Waals surface area contributed by atoms with Gasteiger partial charge in [-0.3, -0.25) is 21.0 Å². The highest BCUT2D eigenvalue weighted by atomic mass is 17.1. The third kappa shape index (κ3) is 22.3. The average Bonchev–Trinajstić information content (AvgIpc) is 3.63. The van der Waals surface area contributed by atoms with Crippen molar-refractivity contribution in [3.05, 3.63) is 35.5 Å². The van der Waals surface area contributed by atoms with Crippen LogP contribution >= 0.6 is 0 Å². The Balaban J connectivity index is 0.000000294. The first kappa shape index (κ1) is 69.7. The van der Waals surface area contributed by atoms with E-state index in [4.69, 9.17) is 19.6 Å².